The van der Waals surface area contributed by atoms with Crippen LogP contribution in [0.5, 0.6) is 0 Å². The lowest BCUT2D eigenvalue weighted by Crippen LogP contribution is -2.48. The van der Waals surface area contributed by atoms with Gasteiger partial charge in [0.15, 0.2) is 0 Å². The molecule has 0 radical (unpaired) electrons. The fourth-order valence-corrected chi connectivity index (χ4v) is 3.22. The van der Waals surface area contributed by atoms with Gasteiger partial charge in [0.2, 0.25) is 5.91 Å². The van der Waals surface area contributed by atoms with Crippen LogP contribution in [-0.4, -0.2) is 54.4 Å². The van der Waals surface area contributed by atoms with Crippen molar-refractivity contribution in [2.45, 2.75) is 19.8 Å². The molecular weight excluding hydrogens is 340 g/mol. The lowest BCUT2D eigenvalue weighted by Gasteiger charge is -2.35. The minimum absolute atomic E-state index is 0.0749. The number of benzene rings is 1. The Bertz CT molecular complexity index is 771. The molecule has 1 saturated heterocycles. The largest absolute Gasteiger partial charge is 0.353 e. The third kappa shape index (κ3) is 5.29. The van der Waals surface area contributed by atoms with Crippen LogP contribution in [0.2, 0.25) is 0 Å². The number of pyridine rings is 1. The molecule has 0 aliphatic carbocycles. The molecule has 1 aromatic heterocycles. The highest BCUT2D eigenvalue weighted by molar-refractivity contribution is 5.94. The molecule has 6 heteroatoms. The molecule has 2 heterocycles. The zero-order valence-corrected chi connectivity index (χ0v) is 15.7. The van der Waals surface area contributed by atoms with Gasteiger partial charge in [-0.15, -0.1) is 0 Å². The molecule has 6 nitrogen and oxygen atoms in total. The Balaban J connectivity index is 1.49. The molecule has 1 aromatic carbocycles. The van der Waals surface area contributed by atoms with Crippen LogP contribution < -0.4 is 10.2 Å². The molecule has 0 bridgehead atoms. The summed E-state index contributed by atoms with van der Waals surface area (Å²) in [5.41, 5.74) is 1.90. The Morgan fingerprint density at radius 1 is 1.07 bits per heavy atom. The van der Waals surface area contributed by atoms with Crippen LogP contribution >= 0.6 is 0 Å². The molecule has 27 heavy (non-hydrogen) atoms. The minimum Gasteiger partial charge on any atom is -0.353 e. The molecule has 0 saturated carbocycles. The number of piperazine rings is 1. The molecule has 142 valence electrons. The van der Waals surface area contributed by atoms with Gasteiger partial charge in [-0.2, -0.15) is 0 Å². The molecule has 1 fully saturated rings. The monoisotopic (exact) mass is 366 g/mol. The smallest absolute Gasteiger partial charge is 0.251 e. The summed E-state index contributed by atoms with van der Waals surface area (Å²) in [4.78, 5) is 32.2. The summed E-state index contributed by atoms with van der Waals surface area (Å²) in [5, 5.41) is 2.98. The number of carbonyl (C=O) groups is 2. The maximum Gasteiger partial charge on any atom is 0.251 e. The third-order valence-corrected chi connectivity index (χ3v) is 4.83. The second kappa shape index (κ2) is 9.16. The van der Waals surface area contributed by atoms with E-state index in [4.69, 9.17) is 0 Å². The molecule has 1 aliphatic heterocycles. The summed E-state index contributed by atoms with van der Waals surface area (Å²) in [7, 11) is 0. The highest BCUT2D eigenvalue weighted by Crippen LogP contribution is 2.15. The lowest BCUT2D eigenvalue weighted by molar-refractivity contribution is -0.129. The Hall–Kier alpha value is -2.89. The number of amides is 2. The average Bonchev–Trinajstić information content (AvgIpc) is 2.72. The van der Waals surface area contributed by atoms with Crippen LogP contribution in [0.3, 0.4) is 0 Å². The fraction of sp³-hybridized carbons (Fsp3) is 0.381. The molecule has 2 amide bonds. The van der Waals surface area contributed by atoms with E-state index in [2.05, 4.69) is 27.3 Å². The second-order valence-electron chi connectivity index (χ2n) is 6.74. The number of aryl methyl sites for hydroxylation is 1. The second-order valence-corrected chi connectivity index (χ2v) is 6.74. The zero-order valence-electron chi connectivity index (χ0n) is 15.7. The van der Waals surface area contributed by atoms with Gasteiger partial charge in [0, 0.05) is 51.4 Å². The lowest BCUT2D eigenvalue weighted by atomic mass is 10.1. The number of carbonyl (C=O) groups excluding carboxylic acids is 2. The van der Waals surface area contributed by atoms with Crippen LogP contribution in [-0.2, 0) is 11.2 Å². The van der Waals surface area contributed by atoms with Crippen LogP contribution in [0.15, 0.2) is 48.7 Å². The van der Waals surface area contributed by atoms with E-state index in [0.717, 1.165) is 31.7 Å². The Labute approximate surface area is 160 Å². The summed E-state index contributed by atoms with van der Waals surface area (Å²) in [6.07, 6.45) is 3.52. The number of nitrogens with zero attached hydrogens (tertiary/aromatic N) is 3. The molecule has 2 aromatic rings. The first kappa shape index (κ1) is 18.9. The molecule has 0 atom stereocenters. The summed E-state index contributed by atoms with van der Waals surface area (Å²) >= 11 is 0. The van der Waals surface area contributed by atoms with E-state index in [9.17, 15) is 9.59 Å². The van der Waals surface area contributed by atoms with Crippen LogP contribution in [0, 0.1) is 0 Å². The van der Waals surface area contributed by atoms with Crippen molar-refractivity contribution in [2.75, 3.05) is 37.6 Å². The van der Waals surface area contributed by atoms with Gasteiger partial charge >= 0.3 is 0 Å². The first-order valence-electron chi connectivity index (χ1n) is 9.42. The zero-order chi connectivity index (χ0) is 19.1. The Morgan fingerprint density at radius 3 is 2.52 bits per heavy atom. The predicted molar refractivity (Wildman–Crippen MR) is 106 cm³/mol. The van der Waals surface area contributed by atoms with E-state index in [0.29, 0.717) is 25.2 Å². The number of anilines is 1. The first-order valence-corrected chi connectivity index (χ1v) is 9.42. The van der Waals surface area contributed by atoms with Gasteiger partial charge < -0.3 is 15.1 Å². The maximum atomic E-state index is 12.4. The Morgan fingerprint density at radius 2 is 1.81 bits per heavy atom. The van der Waals surface area contributed by atoms with Crippen LogP contribution in [0.4, 0.5) is 5.82 Å². The summed E-state index contributed by atoms with van der Waals surface area (Å²) < 4.78 is 0. The molecule has 1 aliphatic rings. The first-order chi connectivity index (χ1) is 13.1. The topological polar surface area (TPSA) is 65.5 Å². The van der Waals surface area contributed by atoms with Gasteiger partial charge in [0.25, 0.3) is 5.91 Å². The van der Waals surface area contributed by atoms with Gasteiger partial charge in [-0.05, 0) is 30.5 Å². The number of nitrogens with one attached hydrogen (secondary N) is 1. The van der Waals surface area contributed by atoms with Crippen LogP contribution in [0.25, 0.3) is 0 Å². The Kier molecular flexibility index (Phi) is 6.41. The van der Waals surface area contributed by atoms with Crippen molar-refractivity contribution in [1.29, 1.82) is 0 Å². The summed E-state index contributed by atoms with van der Waals surface area (Å²) in [6, 6.07) is 13.8. The number of hydrogen-bond acceptors (Lipinski definition) is 4. The van der Waals surface area contributed by atoms with Crippen molar-refractivity contribution in [2.24, 2.45) is 0 Å². The van der Waals surface area contributed by atoms with Gasteiger partial charge in [0.1, 0.15) is 5.82 Å². The van der Waals surface area contributed by atoms with Gasteiger partial charge in [0.05, 0.1) is 0 Å². The highest BCUT2D eigenvalue weighted by Gasteiger charge is 2.20. The van der Waals surface area contributed by atoms with Crippen molar-refractivity contribution in [3.8, 4) is 0 Å². The van der Waals surface area contributed by atoms with E-state index in [1.807, 2.05) is 29.2 Å². The van der Waals surface area contributed by atoms with Crippen molar-refractivity contribution in [1.82, 2.24) is 15.2 Å². The number of aromatic nitrogens is 1. The quantitative estimate of drug-likeness (QED) is 0.796. The van der Waals surface area contributed by atoms with E-state index in [-0.39, 0.29) is 11.8 Å². The fourth-order valence-electron chi connectivity index (χ4n) is 3.22. The minimum atomic E-state index is -0.0749. The van der Waals surface area contributed by atoms with E-state index in [1.54, 1.807) is 19.2 Å². The average molecular weight is 366 g/mol. The van der Waals surface area contributed by atoms with Crippen molar-refractivity contribution < 1.29 is 9.59 Å². The predicted octanol–water partition coefficient (Wildman–Crippen LogP) is 2.11. The van der Waals surface area contributed by atoms with Crippen LogP contribution in [0.1, 0.15) is 29.3 Å². The molecular formula is C21H26N4O2. The van der Waals surface area contributed by atoms with Crippen molar-refractivity contribution in [3.63, 3.8) is 0 Å². The van der Waals surface area contributed by atoms with Gasteiger partial charge in [-0.1, -0.05) is 30.3 Å². The molecule has 0 unspecified atom stereocenters. The standard InChI is InChI=1S/C21H26N4O2/c1-17(26)24-12-14-25(15-13-24)20-16-19(9-11-22-20)21(27)23-10-5-8-18-6-3-2-4-7-18/h2-4,6-7,9,11,16H,5,8,10,12-15H2,1H3,(H,23,27). The normalized spacial score (nSPS) is 14.1. The van der Waals surface area contributed by atoms with E-state index >= 15 is 0 Å². The van der Waals surface area contributed by atoms with E-state index in [1.165, 1.54) is 5.56 Å². The number of rotatable bonds is 6. The highest BCUT2D eigenvalue weighted by atomic mass is 16.2. The van der Waals surface area contributed by atoms with Crippen molar-refractivity contribution in [3.05, 3.63) is 59.8 Å². The van der Waals surface area contributed by atoms with Gasteiger partial charge in [-0.3, -0.25) is 9.59 Å². The molecule has 0 spiro atoms. The summed E-state index contributed by atoms with van der Waals surface area (Å²) in [6.45, 7) is 5.07. The van der Waals surface area contributed by atoms with E-state index < -0.39 is 0 Å². The third-order valence-electron chi connectivity index (χ3n) is 4.83. The summed E-state index contributed by atoms with van der Waals surface area (Å²) in [5.74, 6) is 0.815. The number of hydrogen-bond donors (Lipinski definition) is 1. The van der Waals surface area contributed by atoms with Crippen molar-refractivity contribution >= 4 is 17.6 Å². The van der Waals surface area contributed by atoms with Gasteiger partial charge in [-0.25, -0.2) is 4.98 Å². The molecule has 3 rings (SSSR count). The SMILES string of the molecule is CC(=O)N1CCN(c2cc(C(=O)NCCCc3ccccc3)ccn2)CC1. The maximum absolute atomic E-state index is 12.4. The molecule has 1 N–H and O–H groups in total.